The molecule has 0 radical (unpaired) electrons. The second-order valence-corrected chi connectivity index (χ2v) is 7.12. The highest BCUT2D eigenvalue weighted by atomic mass is 16.3. The van der Waals surface area contributed by atoms with E-state index in [1.807, 2.05) is 26.0 Å². The number of nitriles is 1. The molecule has 146 valence electrons. The molecule has 0 aliphatic rings. The van der Waals surface area contributed by atoms with Crippen LogP contribution in [0.2, 0.25) is 0 Å². The second-order valence-electron chi connectivity index (χ2n) is 7.12. The molecule has 0 aliphatic carbocycles. The van der Waals surface area contributed by atoms with Gasteiger partial charge in [-0.05, 0) is 55.3 Å². The summed E-state index contributed by atoms with van der Waals surface area (Å²) in [4.78, 5) is 25.1. The van der Waals surface area contributed by atoms with Crippen LogP contribution in [0.25, 0.3) is 22.3 Å². The zero-order chi connectivity index (χ0) is 21.3. The molecule has 1 aromatic heterocycles. The van der Waals surface area contributed by atoms with E-state index in [1.54, 1.807) is 48.5 Å². The minimum Gasteiger partial charge on any atom is -0.456 e. The van der Waals surface area contributed by atoms with Crippen LogP contribution in [0.3, 0.4) is 0 Å². The molecule has 1 N–H and O–H groups in total. The van der Waals surface area contributed by atoms with E-state index in [-0.39, 0.29) is 11.3 Å². The summed E-state index contributed by atoms with van der Waals surface area (Å²) in [5, 5.41) is 12.5. The predicted octanol–water partition coefficient (Wildman–Crippen LogP) is 5.20. The van der Waals surface area contributed by atoms with Crippen molar-refractivity contribution in [2.24, 2.45) is 0 Å². The minimum atomic E-state index is -0.324. The highest BCUT2D eigenvalue weighted by Gasteiger charge is 2.12. The van der Waals surface area contributed by atoms with E-state index in [9.17, 15) is 9.59 Å². The van der Waals surface area contributed by atoms with Gasteiger partial charge in [-0.15, -0.1) is 0 Å². The van der Waals surface area contributed by atoms with Gasteiger partial charge in [0.2, 0.25) is 0 Å². The quantitative estimate of drug-likeness (QED) is 0.518. The highest BCUT2D eigenvalue weighted by Crippen LogP contribution is 2.25. The van der Waals surface area contributed by atoms with Gasteiger partial charge in [-0.1, -0.05) is 30.3 Å². The number of amides is 1. The van der Waals surface area contributed by atoms with E-state index >= 15 is 0 Å². The molecule has 0 atom stereocenters. The molecule has 1 amide bonds. The predicted molar refractivity (Wildman–Crippen MR) is 117 cm³/mol. The van der Waals surface area contributed by atoms with Crippen molar-refractivity contribution in [1.82, 2.24) is 0 Å². The first kappa shape index (κ1) is 19.2. The molecular formula is C25H18N2O3. The molecule has 0 unspecified atom stereocenters. The lowest BCUT2D eigenvalue weighted by Gasteiger charge is -2.09. The summed E-state index contributed by atoms with van der Waals surface area (Å²) in [6.07, 6.45) is 0. The van der Waals surface area contributed by atoms with Gasteiger partial charge in [0.05, 0.1) is 16.6 Å². The van der Waals surface area contributed by atoms with Crippen LogP contribution < -0.4 is 10.7 Å². The van der Waals surface area contributed by atoms with Gasteiger partial charge in [-0.2, -0.15) is 5.26 Å². The maximum atomic E-state index is 12.6. The summed E-state index contributed by atoms with van der Waals surface area (Å²) < 4.78 is 6.00. The molecular weight excluding hydrogens is 376 g/mol. The molecule has 1 heterocycles. The number of anilines is 1. The first-order chi connectivity index (χ1) is 14.5. The van der Waals surface area contributed by atoms with Crippen molar-refractivity contribution in [2.45, 2.75) is 13.8 Å². The number of fused-ring (bicyclic) bond motifs is 1. The van der Waals surface area contributed by atoms with Crippen molar-refractivity contribution in [1.29, 1.82) is 5.26 Å². The van der Waals surface area contributed by atoms with Gasteiger partial charge >= 0.3 is 0 Å². The standard InChI is InChI=1S/C25H18N2O3/c1-15-11-16(2)24-20(12-15)22(28)13-23(30-24)17-7-9-18(10-8-17)25(29)27-21-6-4-3-5-19(21)14-26/h3-13H,1-2H3,(H,27,29). The van der Waals surface area contributed by atoms with Crippen molar-refractivity contribution >= 4 is 22.6 Å². The monoisotopic (exact) mass is 394 g/mol. The molecule has 3 aromatic carbocycles. The second kappa shape index (κ2) is 7.69. The summed E-state index contributed by atoms with van der Waals surface area (Å²) in [6, 6.07) is 20.9. The molecule has 30 heavy (non-hydrogen) atoms. The number of nitrogens with one attached hydrogen (secondary N) is 1. The fourth-order valence-electron chi connectivity index (χ4n) is 3.42. The Morgan fingerprint density at radius 2 is 1.73 bits per heavy atom. The maximum Gasteiger partial charge on any atom is 0.255 e. The minimum absolute atomic E-state index is 0.104. The van der Waals surface area contributed by atoms with Gasteiger partial charge in [0.15, 0.2) is 5.43 Å². The topological polar surface area (TPSA) is 83.1 Å². The van der Waals surface area contributed by atoms with Crippen molar-refractivity contribution in [3.63, 3.8) is 0 Å². The number of rotatable bonds is 3. The van der Waals surface area contributed by atoms with Crippen LogP contribution in [0.5, 0.6) is 0 Å². The Labute approximate surface area is 173 Å². The van der Waals surface area contributed by atoms with Crippen molar-refractivity contribution in [3.05, 3.63) is 99.2 Å². The lowest BCUT2D eigenvalue weighted by atomic mass is 10.1. The van der Waals surface area contributed by atoms with E-state index in [0.29, 0.717) is 39.1 Å². The molecule has 0 bridgehead atoms. The summed E-state index contributed by atoms with van der Waals surface area (Å²) in [7, 11) is 0. The van der Waals surface area contributed by atoms with Gasteiger partial charge in [-0.3, -0.25) is 9.59 Å². The Bertz CT molecular complexity index is 1380. The van der Waals surface area contributed by atoms with E-state index in [1.165, 1.54) is 6.07 Å². The van der Waals surface area contributed by atoms with Crippen LogP contribution >= 0.6 is 0 Å². The maximum absolute atomic E-state index is 12.6. The first-order valence-corrected chi connectivity index (χ1v) is 9.42. The molecule has 4 rings (SSSR count). The third kappa shape index (κ3) is 3.59. The molecule has 0 saturated heterocycles. The summed E-state index contributed by atoms with van der Waals surface area (Å²) in [5.74, 6) is 0.122. The number of carbonyl (C=O) groups is 1. The number of benzene rings is 3. The van der Waals surface area contributed by atoms with Crippen LogP contribution in [0.4, 0.5) is 5.69 Å². The zero-order valence-corrected chi connectivity index (χ0v) is 16.5. The Balaban J connectivity index is 1.65. The van der Waals surface area contributed by atoms with Crippen molar-refractivity contribution in [3.8, 4) is 17.4 Å². The number of nitrogens with zero attached hydrogens (tertiary/aromatic N) is 1. The van der Waals surface area contributed by atoms with Crippen LogP contribution in [0.1, 0.15) is 27.0 Å². The molecule has 5 nitrogen and oxygen atoms in total. The van der Waals surface area contributed by atoms with Gasteiger partial charge in [0.25, 0.3) is 5.91 Å². The van der Waals surface area contributed by atoms with Crippen LogP contribution in [-0.2, 0) is 0 Å². The number of hydrogen-bond donors (Lipinski definition) is 1. The third-order valence-corrected chi connectivity index (χ3v) is 4.89. The summed E-state index contributed by atoms with van der Waals surface area (Å²) >= 11 is 0. The molecule has 0 spiro atoms. The molecule has 5 heteroatoms. The molecule has 0 fully saturated rings. The third-order valence-electron chi connectivity index (χ3n) is 4.89. The van der Waals surface area contributed by atoms with Crippen molar-refractivity contribution in [2.75, 3.05) is 5.32 Å². The smallest absolute Gasteiger partial charge is 0.255 e. The van der Waals surface area contributed by atoms with Gasteiger partial charge in [-0.25, -0.2) is 0 Å². The Morgan fingerprint density at radius 3 is 2.47 bits per heavy atom. The Kier molecular flexibility index (Phi) is 4.91. The normalized spacial score (nSPS) is 10.6. The number of aryl methyl sites for hydroxylation is 2. The lowest BCUT2D eigenvalue weighted by molar-refractivity contribution is 0.102. The van der Waals surface area contributed by atoms with E-state index in [2.05, 4.69) is 11.4 Å². The fourth-order valence-corrected chi connectivity index (χ4v) is 3.42. The van der Waals surface area contributed by atoms with E-state index in [4.69, 9.17) is 9.68 Å². The number of hydrogen-bond acceptors (Lipinski definition) is 4. The average molecular weight is 394 g/mol. The molecule has 0 saturated carbocycles. The van der Waals surface area contributed by atoms with Crippen molar-refractivity contribution < 1.29 is 9.21 Å². The summed E-state index contributed by atoms with van der Waals surface area (Å²) in [6.45, 7) is 3.85. The van der Waals surface area contributed by atoms with Crippen LogP contribution in [0, 0.1) is 25.2 Å². The van der Waals surface area contributed by atoms with Crippen LogP contribution in [0.15, 0.2) is 75.9 Å². The largest absolute Gasteiger partial charge is 0.456 e. The number of para-hydroxylation sites is 1. The SMILES string of the molecule is Cc1cc(C)c2oc(-c3ccc(C(=O)Nc4ccccc4C#N)cc3)cc(=O)c2c1. The van der Waals surface area contributed by atoms with Gasteiger partial charge in [0.1, 0.15) is 17.4 Å². The highest BCUT2D eigenvalue weighted by molar-refractivity contribution is 6.05. The lowest BCUT2D eigenvalue weighted by Crippen LogP contribution is -2.12. The average Bonchev–Trinajstić information content (AvgIpc) is 2.75. The van der Waals surface area contributed by atoms with Crippen LogP contribution in [-0.4, -0.2) is 5.91 Å². The Morgan fingerprint density at radius 1 is 1.00 bits per heavy atom. The zero-order valence-electron chi connectivity index (χ0n) is 16.5. The van der Waals surface area contributed by atoms with Gasteiger partial charge in [0, 0.05) is 17.2 Å². The molecule has 4 aromatic rings. The van der Waals surface area contributed by atoms with E-state index in [0.717, 1.165) is 11.1 Å². The fraction of sp³-hybridized carbons (Fsp3) is 0.0800. The van der Waals surface area contributed by atoms with E-state index < -0.39 is 0 Å². The molecule has 0 aliphatic heterocycles. The summed E-state index contributed by atoms with van der Waals surface area (Å²) in [5.41, 5.74) is 4.35. The Hall–Kier alpha value is -4.17. The van der Waals surface area contributed by atoms with Gasteiger partial charge < -0.3 is 9.73 Å². The number of carbonyl (C=O) groups excluding carboxylic acids is 1. The first-order valence-electron chi connectivity index (χ1n) is 9.42.